The number of esters is 1. The van der Waals surface area contributed by atoms with Gasteiger partial charge in [0.15, 0.2) is 0 Å². The van der Waals surface area contributed by atoms with E-state index in [0.29, 0.717) is 125 Å². The second-order valence-electron chi connectivity index (χ2n) is 14.2. The van der Waals surface area contributed by atoms with E-state index in [1.54, 1.807) is 0 Å². The van der Waals surface area contributed by atoms with Crippen LogP contribution in [0.1, 0.15) is 155 Å². The molecule has 0 aliphatic rings. The van der Waals surface area contributed by atoms with Crippen LogP contribution >= 0.6 is 0 Å². The summed E-state index contributed by atoms with van der Waals surface area (Å²) >= 11 is 0. The molecule has 0 unspecified atom stereocenters. The maximum atomic E-state index is 11.7. The maximum absolute atomic E-state index is 11.7. The van der Waals surface area contributed by atoms with Crippen LogP contribution in [0.25, 0.3) is 0 Å². The highest BCUT2D eigenvalue weighted by atomic mass is 16.6. The molecule has 0 fully saturated rings. The summed E-state index contributed by atoms with van der Waals surface area (Å²) in [6.07, 6.45) is 28.1. The van der Waals surface area contributed by atoms with E-state index >= 15 is 0 Å². The minimum absolute atomic E-state index is 0.135. The van der Waals surface area contributed by atoms with Crippen molar-refractivity contribution in [2.24, 2.45) is 0 Å². The molecule has 11 nitrogen and oxygen atoms in total. The van der Waals surface area contributed by atoms with Crippen molar-refractivity contribution < 1.29 is 52.2 Å². The van der Waals surface area contributed by atoms with Crippen molar-refractivity contribution in [1.29, 1.82) is 0 Å². The van der Waals surface area contributed by atoms with Crippen LogP contribution in [0.3, 0.4) is 0 Å². The number of rotatable bonds is 50. The summed E-state index contributed by atoms with van der Waals surface area (Å²) in [5.74, 6) is -0.135. The molecular weight excluding hydrogens is 704 g/mol. The third-order valence-electron chi connectivity index (χ3n) is 9.09. The molecule has 0 aliphatic carbocycles. The van der Waals surface area contributed by atoms with Gasteiger partial charge in [0.1, 0.15) is 6.61 Å². The van der Waals surface area contributed by atoms with Crippen molar-refractivity contribution in [1.82, 2.24) is 0 Å². The fourth-order valence-electron chi connectivity index (χ4n) is 5.77. The molecule has 0 saturated heterocycles. The summed E-state index contributed by atoms with van der Waals surface area (Å²) in [7, 11) is 0. The molecule has 330 valence electrons. The minimum atomic E-state index is -0.135. The minimum Gasteiger partial charge on any atom is -0.463 e. The second kappa shape index (κ2) is 51.1. The van der Waals surface area contributed by atoms with Crippen LogP contribution in [0.5, 0.6) is 0 Å². The van der Waals surface area contributed by atoms with Gasteiger partial charge in [0, 0.05) is 13.0 Å². The average Bonchev–Trinajstić information content (AvgIpc) is 3.19. The molecule has 0 aromatic carbocycles. The summed E-state index contributed by atoms with van der Waals surface area (Å²) in [4.78, 5) is 11.7. The molecule has 0 radical (unpaired) electrons. The molecule has 0 saturated carbocycles. The highest BCUT2D eigenvalue weighted by Crippen LogP contribution is 2.13. The van der Waals surface area contributed by atoms with Gasteiger partial charge in [0.05, 0.1) is 112 Å². The normalized spacial score (nSPS) is 11.5. The zero-order valence-corrected chi connectivity index (χ0v) is 36.0. The summed E-state index contributed by atoms with van der Waals surface area (Å²) in [6.45, 7) is 14.5. The van der Waals surface area contributed by atoms with Crippen LogP contribution in [0.2, 0.25) is 0 Å². The van der Waals surface area contributed by atoms with E-state index in [2.05, 4.69) is 13.8 Å². The largest absolute Gasteiger partial charge is 0.463 e. The third kappa shape index (κ3) is 51.1. The van der Waals surface area contributed by atoms with Crippen molar-refractivity contribution in [2.75, 3.05) is 126 Å². The molecule has 0 aliphatic heterocycles. The first-order chi connectivity index (χ1) is 27.3. The number of hydrogen-bond acceptors (Lipinski definition) is 11. The van der Waals surface area contributed by atoms with E-state index < -0.39 is 0 Å². The van der Waals surface area contributed by atoms with E-state index in [0.717, 1.165) is 25.9 Å². The Hall–Kier alpha value is -0.890. The van der Waals surface area contributed by atoms with Gasteiger partial charge in [-0.25, -0.2) is 0 Å². The summed E-state index contributed by atoms with van der Waals surface area (Å²) in [5.41, 5.74) is 0. The number of hydrogen-bond donors (Lipinski definition) is 0. The Morgan fingerprint density at radius 2 is 0.473 bits per heavy atom. The van der Waals surface area contributed by atoms with E-state index in [9.17, 15) is 4.79 Å². The molecule has 0 rings (SSSR count). The van der Waals surface area contributed by atoms with Gasteiger partial charge in [-0.3, -0.25) is 4.79 Å². The molecular formula is C44H88O11. The van der Waals surface area contributed by atoms with E-state index in [4.69, 9.17) is 47.4 Å². The third-order valence-corrected chi connectivity index (χ3v) is 9.09. The SMILES string of the molecule is CCCCCCCCCCCCCCCCOCCOCCOCCOCCOCCOCCOCCOCCOCCOC(=O)CCCCCCCCC. The molecule has 0 aromatic heterocycles. The molecule has 0 spiro atoms. The first kappa shape index (κ1) is 54.1. The standard InChI is InChI=1S/C44H88O11/c1-3-5-7-9-11-12-13-14-15-16-17-19-21-23-25-46-26-27-47-28-29-48-30-31-49-32-33-50-34-35-51-36-37-52-38-39-53-40-41-54-42-43-55-44(45)24-22-20-18-10-8-6-4-2/h3-43H2,1-2H3. The Kier molecular flexibility index (Phi) is 50.3. The van der Waals surface area contributed by atoms with Crippen LogP contribution < -0.4 is 0 Å². The molecule has 55 heavy (non-hydrogen) atoms. The smallest absolute Gasteiger partial charge is 0.305 e. The lowest BCUT2D eigenvalue weighted by atomic mass is 10.0. The zero-order chi connectivity index (χ0) is 39.6. The molecule has 0 bridgehead atoms. The lowest BCUT2D eigenvalue weighted by Crippen LogP contribution is -2.15. The maximum Gasteiger partial charge on any atom is 0.305 e. The Morgan fingerprint density at radius 1 is 0.255 bits per heavy atom. The van der Waals surface area contributed by atoms with Crippen molar-refractivity contribution in [3.8, 4) is 0 Å². The first-order valence-corrected chi connectivity index (χ1v) is 22.7. The van der Waals surface area contributed by atoms with E-state index in [-0.39, 0.29) is 5.97 Å². The van der Waals surface area contributed by atoms with Gasteiger partial charge >= 0.3 is 5.97 Å². The van der Waals surface area contributed by atoms with Crippen LogP contribution in [0.4, 0.5) is 0 Å². The van der Waals surface area contributed by atoms with Gasteiger partial charge in [0.25, 0.3) is 0 Å². The van der Waals surface area contributed by atoms with Gasteiger partial charge in [-0.2, -0.15) is 0 Å². The Morgan fingerprint density at radius 3 is 0.764 bits per heavy atom. The van der Waals surface area contributed by atoms with Crippen molar-refractivity contribution in [3.63, 3.8) is 0 Å². The second-order valence-corrected chi connectivity index (χ2v) is 14.2. The van der Waals surface area contributed by atoms with Gasteiger partial charge < -0.3 is 47.4 Å². The zero-order valence-electron chi connectivity index (χ0n) is 36.0. The fraction of sp³-hybridized carbons (Fsp3) is 0.977. The van der Waals surface area contributed by atoms with Gasteiger partial charge in [-0.15, -0.1) is 0 Å². The van der Waals surface area contributed by atoms with Crippen molar-refractivity contribution in [2.45, 2.75) is 155 Å². The topological polar surface area (TPSA) is 109 Å². The highest BCUT2D eigenvalue weighted by Gasteiger charge is 2.03. The number of carbonyl (C=O) groups excluding carboxylic acids is 1. The van der Waals surface area contributed by atoms with Gasteiger partial charge in [-0.1, -0.05) is 136 Å². The molecule has 0 heterocycles. The van der Waals surface area contributed by atoms with E-state index in [1.165, 1.54) is 116 Å². The monoisotopic (exact) mass is 793 g/mol. The summed E-state index contributed by atoms with van der Waals surface area (Å²) in [5, 5.41) is 0. The van der Waals surface area contributed by atoms with Crippen LogP contribution in [0, 0.1) is 0 Å². The van der Waals surface area contributed by atoms with Gasteiger partial charge in [0.2, 0.25) is 0 Å². The number of unbranched alkanes of at least 4 members (excludes halogenated alkanes) is 19. The van der Waals surface area contributed by atoms with E-state index in [1.807, 2.05) is 0 Å². The number of ether oxygens (including phenoxy) is 10. The van der Waals surface area contributed by atoms with Crippen LogP contribution in [0.15, 0.2) is 0 Å². The molecule has 0 N–H and O–H groups in total. The molecule has 0 amide bonds. The number of carbonyl (C=O) groups is 1. The lowest BCUT2D eigenvalue weighted by molar-refractivity contribution is -0.145. The van der Waals surface area contributed by atoms with Crippen molar-refractivity contribution >= 4 is 5.97 Å². The summed E-state index contributed by atoms with van der Waals surface area (Å²) in [6, 6.07) is 0. The Balaban J connectivity index is 3.09. The van der Waals surface area contributed by atoms with Crippen LogP contribution in [-0.2, 0) is 52.2 Å². The quantitative estimate of drug-likeness (QED) is 0.0434. The Bertz CT molecular complexity index is 701. The molecule has 11 heteroatoms. The average molecular weight is 793 g/mol. The lowest BCUT2D eigenvalue weighted by Gasteiger charge is -2.09. The predicted molar refractivity (Wildman–Crippen MR) is 221 cm³/mol. The molecule has 0 aromatic rings. The Labute approximate surface area is 338 Å². The first-order valence-electron chi connectivity index (χ1n) is 22.7. The summed E-state index contributed by atoms with van der Waals surface area (Å²) < 4.78 is 55.0. The molecule has 0 atom stereocenters. The van der Waals surface area contributed by atoms with Crippen LogP contribution in [-0.4, -0.2) is 132 Å². The van der Waals surface area contributed by atoms with Gasteiger partial charge in [-0.05, 0) is 12.8 Å². The van der Waals surface area contributed by atoms with Crippen molar-refractivity contribution in [3.05, 3.63) is 0 Å². The highest BCUT2D eigenvalue weighted by molar-refractivity contribution is 5.69. The predicted octanol–water partition coefficient (Wildman–Crippen LogP) is 9.30. The fourth-order valence-corrected chi connectivity index (χ4v) is 5.77.